The molecule has 34 heavy (non-hydrogen) atoms. The molecule has 1 aromatic rings. The third-order valence-electron chi connectivity index (χ3n) is 10.1. The number of hydrogen-bond donors (Lipinski definition) is 0. The van der Waals surface area contributed by atoms with E-state index in [1.54, 1.807) is 18.6 Å². The van der Waals surface area contributed by atoms with E-state index in [2.05, 4.69) is 19.9 Å². The molecule has 0 radical (unpaired) electrons. The Morgan fingerprint density at radius 3 is 2.65 bits per heavy atom. The summed E-state index contributed by atoms with van der Waals surface area (Å²) in [5, 5.41) is 0. The first-order valence-electron chi connectivity index (χ1n) is 12.0. The van der Waals surface area contributed by atoms with Crippen LogP contribution in [0.2, 0.25) is 0 Å². The molecule has 5 aliphatic rings. The summed E-state index contributed by atoms with van der Waals surface area (Å²) >= 11 is 0. The summed E-state index contributed by atoms with van der Waals surface area (Å²) in [6.07, 6.45) is 8.49. The number of furan rings is 1. The zero-order valence-electron chi connectivity index (χ0n) is 20.1. The number of ether oxygens (including phenoxy) is 3. The lowest BCUT2D eigenvalue weighted by molar-refractivity contribution is -0.196. The summed E-state index contributed by atoms with van der Waals surface area (Å²) in [6, 6.07) is 1.92. The van der Waals surface area contributed by atoms with Gasteiger partial charge in [0.1, 0.15) is 12.2 Å². The van der Waals surface area contributed by atoms with Crippen molar-refractivity contribution < 1.29 is 33.0 Å². The Hall–Kier alpha value is -2.67. The molecule has 3 aliphatic carbocycles. The molecule has 0 amide bonds. The maximum atomic E-state index is 13.7. The molecule has 2 saturated heterocycles. The third-order valence-corrected chi connectivity index (χ3v) is 10.1. The Morgan fingerprint density at radius 1 is 1.21 bits per heavy atom. The van der Waals surface area contributed by atoms with Gasteiger partial charge >= 0.3 is 11.9 Å². The normalized spacial score (nSPS) is 48.1. The van der Waals surface area contributed by atoms with E-state index in [4.69, 9.17) is 18.6 Å². The number of carbonyl (C=O) groups excluding carboxylic acids is 3. The van der Waals surface area contributed by atoms with Crippen molar-refractivity contribution in [1.82, 2.24) is 0 Å². The van der Waals surface area contributed by atoms with Crippen molar-refractivity contribution in [3.8, 4) is 0 Å². The molecule has 2 aliphatic heterocycles. The van der Waals surface area contributed by atoms with Crippen molar-refractivity contribution >= 4 is 23.3 Å². The van der Waals surface area contributed by atoms with Gasteiger partial charge in [0.25, 0.3) is 0 Å². The van der Waals surface area contributed by atoms with Gasteiger partial charge in [-0.3, -0.25) is 14.4 Å². The molecule has 2 unspecified atom stereocenters. The van der Waals surface area contributed by atoms with Gasteiger partial charge in [0, 0.05) is 34.7 Å². The van der Waals surface area contributed by atoms with Crippen molar-refractivity contribution in [1.29, 1.82) is 0 Å². The summed E-state index contributed by atoms with van der Waals surface area (Å²) in [6.45, 7) is 7.95. The Bertz CT molecular complexity index is 1160. The zero-order valence-corrected chi connectivity index (χ0v) is 20.1. The first kappa shape index (κ1) is 21.8. The van der Waals surface area contributed by atoms with Crippen LogP contribution in [-0.2, 0) is 28.6 Å². The van der Waals surface area contributed by atoms with Crippen LogP contribution in [0.3, 0.4) is 0 Å². The average molecular weight is 467 g/mol. The lowest BCUT2D eigenvalue weighted by Gasteiger charge is -2.60. The molecule has 0 bridgehead atoms. The molecule has 3 heterocycles. The van der Waals surface area contributed by atoms with Crippen LogP contribution in [-0.4, -0.2) is 42.6 Å². The van der Waals surface area contributed by atoms with E-state index < -0.39 is 45.9 Å². The Labute approximate surface area is 198 Å². The number of ketones is 1. The number of rotatable bonds is 3. The third kappa shape index (κ3) is 2.25. The molecule has 6 rings (SSSR count). The van der Waals surface area contributed by atoms with E-state index >= 15 is 0 Å². The number of fused-ring (bicyclic) bond motifs is 4. The highest BCUT2D eigenvalue weighted by Gasteiger charge is 2.80. The lowest BCUT2D eigenvalue weighted by Crippen LogP contribution is -2.67. The number of hydrogen-bond acceptors (Lipinski definition) is 7. The molecule has 9 atom stereocenters. The van der Waals surface area contributed by atoms with Gasteiger partial charge in [-0.05, 0) is 43.9 Å². The van der Waals surface area contributed by atoms with Crippen LogP contribution in [0.15, 0.2) is 41.2 Å². The van der Waals surface area contributed by atoms with E-state index in [0.717, 1.165) is 17.6 Å². The van der Waals surface area contributed by atoms with Crippen LogP contribution in [0.25, 0.3) is 5.57 Å². The van der Waals surface area contributed by atoms with Gasteiger partial charge in [-0.1, -0.05) is 26.0 Å². The molecule has 0 aromatic carbocycles. The second-order valence-corrected chi connectivity index (χ2v) is 11.4. The minimum atomic E-state index is -0.979. The lowest BCUT2D eigenvalue weighted by atomic mass is 9.41. The standard InChI is InChI=1S/C27H30O7/c1-24-10-8-18(28)26(3)17(12-19(29)31-5)25(2)16-7-6-15(14-9-11-32-13-14)27(16,4)34-22(25)20(21(24)26)33-23(24)30/h6,8-11,13,16-17,20-22H,7,12H2,1-5H3/t16?,17-,20+,21?,22+,24+,25-,26-,27+/m0/s1. The highest BCUT2D eigenvalue weighted by Crippen LogP contribution is 2.73. The Kier molecular flexibility index (Phi) is 4.18. The quantitative estimate of drug-likeness (QED) is 0.627. The van der Waals surface area contributed by atoms with Crippen LogP contribution in [0.5, 0.6) is 0 Å². The summed E-state index contributed by atoms with van der Waals surface area (Å²) in [7, 11) is 1.37. The predicted octanol–water partition coefficient (Wildman–Crippen LogP) is 3.73. The minimum absolute atomic E-state index is 0.0217. The second-order valence-electron chi connectivity index (χ2n) is 11.4. The van der Waals surface area contributed by atoms with Crippen LogP contribution in [0.4, 0.5) is 0 Å². The second kappa shape index (κ2) is 6.51. The summed E-state index contributed by atoms with van der Waals surface area (Å²) in [5.41, 5.74) is -1.24. The smallest absolute Gasteiger partial charge is 0.316 e. The number of esters is 2. The van der Waals surface area contributed by atoms with Gasteiger partial charge in [-0.25, -0.2) is 0 Å². The Morgan fingerprint density at radius 2 is 1.97 bits per heavy atom. The van der Waals surface area contributed by atoms with E-state index in [0.29, 0.717) is 0 Å². The SMILES string of the molecule is COC(=O)C[C@H]1[C@]2(C)C3CC=C(c4ccoc4)[C@@]3(C)O[C@@H]2[C@@H]2OC(=O)[C@]3(C)C=CC(=O)[C@@]1(C)C23. The molecule has 0 spiro atoms. The highest BCUT2D eigenvalue weighted by molar-refractivity contribution is 6.00. The van der Waals surface area contributed by atoms with Crippen molar-refractivity contribution in [3.05, 3.63) is 42.4 Å². The molecule has 7 heteroatoms. The van der Waals surface area contributed by atoms with Gasteiger partial charge in [0.05, 0.1) is 30.7 Å². The van der Waals surface area contributed by atoms with Crippen LogP contribution < -0.4 is 0 Å². The van der Waals surface area contributed by atoms with Crippen LogP contribution >= 0.6 is 0 Å². The number of allylic oxidation sites excluding steroid dienone is 2. The van der Waals surface area contributed by atoms with Crippen LogP contribution in [0.1, 0.15) is 46.1 Å². The number of carbonyl (C=O) groups is 3. The molecule has 180 valence electrons. The van der Waals surface area contributed by atoms with Crippen molar-refractivity contribution in [2.24, 2.45) is 34.0 Å². The summed E-state index contributed by atoms with van der Waals surface area (Å²) in [4.78, 5) is 39.7. The first-order chi connectivity index (χ1) is 16.0. The summed E-state index contributed by atoms with van der Waals surface area (Å²) < 4.78 is 23.5. The summed E-state index contributed by atoms with van der Waals surface area (Å²) in [5.74, 6) is -1.62. The molecular formula is C27H30O7. The minimum Gasteiger partial charge on any atom is -0.472 e. The molecule has 7 nitrogen and oxygen atoms in total. The maximum absolute atomic E-state index is 13.7. The fraction of sp³-hybridized carbons (Fsp3) is 0.593. The predicted molar refractivity (Wildman–Crippen MR) is 120 cm³/mol. The highest BCUT2D eigenvalue weighted by atomic mass is 16.6. The monoisotopic (exact) mass is 466 g/mol. The van der Waals surface area contributed by atoms with E-state index in [9.17, 15) is 14.4 Å². The van der Waals surface area contributed by atoms with Gasteiger partial charge in [0.2, 0.25) is 0 Å². The van der Waals surface area contributed by atoms with Gasteiger partial charge in [-0.2, -0.15) is 0 Å². The molecule has 1 saturated carbocycles. The topological polar surface area (TPSA) is 92.0 Å². The molecular weight excluding hydrogens is 436 g/mol. The van der Waals surface area contributed by atoms with Crippen molar-refractivity contribution in [2.75, 3.05) is 7.11 Å². The Balaban J connectivity index is 1.56. The van der Waals surface area contributed by atoms with Crippen molar-refractivity contribution in [3.63, 3.8) is 0 Å². The fourth-order valence-corrected chi connectivity index (χ4v) is 8.57. The largest absolute Gasteiger partial charge is 0.472 e. The molecule has 0 N–H and O–H groups in total. The molecule has 1 aromatic heterocycles. The van der Waals surface area contributed by atoms with E-state index in [1.807, 2.05) is 19.9 Å². The fourth-order valence-electron chi connectivity index (χ4n) is 8.57. The average Bonchev–Trinajstić information content (AvgIpc) is 3.53. The maximum Gasteiger partial charge on any atom is 0.316 e. The van der Waals surface area contributed by atoms with Crippen molar-refractivity contribution in [2.45, 2.75) is 58.3 Å². The van der Waals surface area contributed by atoms with E-state index in [1.165, 1.54) is 13.2 Å². The van der Waals surface area contributed by atoms with E-state index in [-0.39, 0.29) is 30.1 Å². The first-order valence-corrected chi connectivity index (χ1v) is 12.0. The van der Waals surface area contributed by atoms with Gasteiger partial charge < -0.3 is 18.6 Å². The zero-order chi connectivity index (χ0) is 24.3. The van der Waals surface area contributed by atoms with Crippen LogP contribution in [0, 0.1) is 34.0 Å². The van der Waals surface area contributed by atoms with Gasteiger partial charge in [-0.15, -0.1) is 0 Å². The van der Waals surface area contributed by atoms with Gasteiger partial charge in [0.15, 0.2) is 5.78 Å². The number of methoxy groups -OCH3 is 1. The molecule has 3 fully saturated rings.